The van der Waals surface area contributed by atoms with Gasteiger partial charge in [-0.05, 0) is 59.1 Å². The highest BCUT2D eigenvalue weighted by Gasteiger charge is 2.30. The Kier molecular flexibility index (Phi) is 9.55. The summed E-state index contributed by atoms with van der Waals surface area (Å²) in [7, 11) is 1.33. The van der Waals surface area contributed by atoms with Crippen LogP contribution in [0.3, 0.4) is 0 Å². The molecule has 0 aliphatic heterocycles. The maximum absolute atomic E-state index is 13.1. The van der Waals surface area contributed by atoms with E-state index in [1.54, 1.807) is 0 Å². The van der Waals surface area contributed by atoms with Gasteiger partial charge < -0.3 is 19.9 Å². The van der Waals surface area contributed by atoms with Gasteiger partial charge in [0, 0.05) is 11.5 Å². The van der Waals surface area contributed by atoms with Gasteiger partial charge in [-0.25, -0.2) is 9.59 Å². The summed E-state index contributed by atoms with van der Waals surface area (Å²) in [4.78, 5) is 25.5. The maximum Gasteiger partial charge on any atom is 0.407 e. The van der Waals surface area contributed by atoms with E-state index in [2.05, 4.69) is 43.4 Å². The molecule has 0 unspecified atom stereocenters. The number of ether oxygens (including phenoxy) is 2. The Bertz CT molecular complexity index is 1250. The summed E-state index contributed by atoms with van der Waals surface area (Å²) in [5.41, 5.74) is 5.90. The average molecular weight is 528 g/mol. The summed E-state index contributed by atoms with van der Waals surface area (Å²) in [5.74, 6) is -0.161. The fourth-order valence-electron chi connectivity index (χ4n) is 5.07. The van der Waals surface area contributed by atoms with E-state index in [4.69, 9.17) is 9.47 Å². The van der Waals surface area contributed by atoms with E-state index in [-0.39, 0.29) is 12.5 Å². The molecule has 6 heteroatoms. The average Bonchev–Trinajstić information content (AvgIpc) is 3.27. The number of hydrogen-bond donors (Lipinski definition) is 2. The van der Waals surface area contributed by atoms with Gasteiger partial charge in [0.2, 0.25) is 0 Å². The third-order valence-electron chi connectivity index (χ3n) is 7.17. The van der Waals surface area contributed by atoms with Gasteiger partial charge in [0.1, 0.15) is 6.61 Å². The summed E-state index contributed by atoms with van der Waals surface area (Å²) in [5, 5.41) is 14.0. The largest absolute Gasteiger partial charge is 0.466 e. The zero-order valence-corrected chi connectivity index (χ0v) is 22.8. The molecule has 6 nitrogen and oxygen atoms in total. The van der Waals surface area contributed by atoms with Crippen molar-refractivity contribution in [2.24, 2.45) is 5.92 Å². The Morgan fingerprint density at radius 1 is 0.923 bits per heavy atom. The molecule has 204 valence electrons. The zero-order valence-electron chi connectivity index (χ0n) is 22.8. The number of carbonyl (C=O) groups is 2. The quantitative estimate of drug-likeness (QED) is 0.235. The van der Waals surface area contributed by atoms with Crippen molar-refractivity contribution in [3.63, 3.8) is 0 Å². The highest BCUT2D eigenvalue weighted by molar-refractivity contribution is 5.88. The number of methoxy groups -OCH3 is 1. The maximum atomic E-state index is 13.1. The van der Waals surface area contributed by atoms with E-state index >= 15 is 0 Å². The predicted octanol–water partition coefficient (Wildman–Crippen LogP) is 6.03. The molecular weight excluding hydrogens is 490 g/mol. The van der Waals surface area contributed by atoms with E-state index < -0.39 is 24.2 Å². The molecule has 0 saturated carbocycles. The van der Waals surface area contributed by atoms with Gasteiger partial charge in [-0.3, -0.25) is 0 Å². The smallest absolute Gasteiger partial charge is 0.407 e. The van der Waals surface area contributed by atoms with Crippen molar-refractivity contribution in [2.75, 3.05) is 13.7 Å². The van der Waals surface area contributed by atoms with E-state index in [9.17, 15) is 14.7 Å². The molecule has 0 spiro atoms. The lowest BCUT2D eigenvalue weighted by atomic mass is 9.96. The molecule has 2 atom stereocenters. The summed E-state index contributed by atoms with van der Waals surface area (Å²) in [6.45, 7) is 4.32. The van der Waals surface area contributed by atoms with Gasteiger partial charge in [-0.2, -0.15) is 0 Å². The van der Waals surface area contributed by atoms with Crippen molar-refractivity contribution >= 4 is 12.1 Å². The van der Waals surface area contributed by atoms with Gasteiger partial charge in [0.25, 0.3) is 0 Å². The van der Waals surface area contributed by atoms with Crippen LogP contribution in [0.2, 0.25) is 0 Å². The third-order valence-corrected chi connectivity index (χ3v) is 7.17. The number of aliphatic hydroxyl groups is 1. The first-order valence-corrected chi connectivity index (χ1v) is 13.5. The van der Waals surface area contributed by atoms with E-state index in [0.717, 1.165) is 34.2 Å². The highest BCUT2D eigenvalue weighted by atomic mass is 16.5. The Labute approximate surface area is 230 Å². The summed E-state index contributed by atoms with van der Waals surface area (Å²) in [6.07, 6.45) is 1.38. The molecule has 2 N–H and O–H groups in total. The van der Waals surface area contributed by atoms with Crippen LogP contribution in [0.1, 0.15) is 49.3 Å². The first-order valence-electron chi connectivity index (χ1n) is 13.5. The molecular formula is C33H37NO5. The summed E-state index contributed by atoms with van der Waals surface area (Å²) < 4.78 is 10.7. The lowest BCUT2D eigenvalue weighted by Gasteiger charge is -2.24. The first-order chi connectivity index (χ1) is 18.9. The van der Waals surface area contributed by atoms with Crippen LogP contribution in [0.15, 0.2) is 90.5 Å². The minimum Gasteiger partial charge on any atom is -0.466 e. The molecule has 0 fully saturated rings. The van der Waals surface area contributed by atoms with Gasteiger partial charge in [0.15, 0.2) is 0 Å². The second kappa shape index (κ2) is 13.3. The van der Waals surface area contributed by atoms with Crippen LogP contribution in [0, 0.1) is 5.92 Å². The number of fused-ring (bicyclic) bond motifs is 3. The minimum atomic E-state index is -1.12. The molecule has 3 aromatic rings. The van der Waals surface area contributed by atoms with Crippen LogP contribution in [0.5, 0.6) is 0 Å². The molecule has 1 aliphatic rings. The number of alkyl carbamates (subject to hydrolysis) is 1. The van der Waals surface area contributed by atoms with E-state index in [1.807, 2.05) is 54.6 Å². The predicted molar refractivity (Wildman–Crippen MR) is 152 cm³/mol. The molecule has 1 aliphatic carbocycles. The number of rotatable bonds is 11. The van der Waals surface area contributed by atoms with E-state index in [1.165, 1.54) is 13.2 Å². The van der Waals surface area contributed by atoms with Gasteiger partial charge >= 0.3 is 12.1 Å². The number of benzene rings is 3. The van der Waals surface area contributed by atoms with Crippen molar-refractivity contribution in [3.05, 3.63) is 107 Å². The number of nitrogens with one attached hydrogen (secondary N) is 1. The van der Waals surface area contributed by atoms with Gasteiger partial charge in [0.05, 0.1) is 19.3 Å². The molecule has 0 saturated heterocycles. The topological polar surface area (TPSA) is 84.9 Å². The van der Waals surface area contributed by atoms with Crippen LogP contribution in [-0.4, -0.2) is 43.0 Å². The Hall–Kier alpha value is -3.90. The fourth-order valence-corrected chi connectivity index (χ4v) is 5.07. The van der Waals surface area contributed by atoms with Gasteiger partial charge in [-0.1, -0.05) is 92.7 Å². The fraction of sp³-hybridized carbons (Fsp3) is 0.333. The van der Waals surface area contributed by atoms with Crippen molar-refractivity contribution in [3.8, 4) is 11.1 Å². The van der Waals surface area contributed by atoms with Crippen LogP contribution in [0.4, 0.5) is 4.79 Å². The summed E-state index contributed by atoms with van der Waals surface area (Å²) >= 11 is 0. The van der Waals surface area contributed by atoms with Crippen molar-refractivity contribution in [1.29, 1.82) is 0 Å². The van der Waals surface area contributed by atoms with Crippen LogP contribution < -0.4 is 5.32 Å². The molecule has 39 heavy (non-hydrogen) atoms. The number of amides is 1. The second-order valence-corrected chi connectivity index (χ2v) is 10.4. The lowest BCUT2D eigenvalue weighted by molar-refractivity contribution is -0.136. The zero-order chi connectivity index (χ0) is 27.8. The molecule has 0 heterocycles. The van der Waals surface area contributed by atoms with Crippen molar-refractivity contribution < 1.29 is 24.2 Å². The van der Waals surface area contributed by atoms with Crippen molar-refractivity contribution in [2.45, 2.75) is 51.2 Å². The van der Waals surface area contributed by atoms with Crippen LogP contribution in [-0.2, 0) is 20.7 Å². The number of carbonyl (C=O) groups excluding carboxylic acids is 2. The molecule has 0 bridgehead atoms. The molecule has 1 amide bonds. The Morgan fingerprint density at radius 3 is 2.10 bits per heavy atom. The molecule has 0 radical (unpaired) electrons. The Morgan fingerprint density at radius 2 is 1.51 bits per heavy atom. The minimum absolute atomic E-state index is 0.0671. The number of aliphatic hydroxyl groups excluding tert-OH is 1. The van der Waals surface area contributed by atoms with Crippen LogP contribution >= 0.6 is 0 Å². The van der Waals surface area contributed by atoms with Crippen LogP contribution in [0.25, 0.3) is 11.1 Å². The van der Waals surface area contributed by atoms with E-state index in [0.29, 0.717) is 24.3 Å². The number of esters is 1. The molecule has 0 aromatic heterocycles. The number of hydrogen-bond acceptors (Lipinski definition) is 5. The summed E-state index contributed by atoms with van der Waals surface area (Å²) in [6, 6.07) is 25.2. The Balaban J connectivity index is 1.50. The second-order valence-electron chi connectivity index (χ2n) is 10.4. The third kappa shape index (κ3) is 7.15. The first kappa shape index (κ1) is 28.1. The highest BCUT2D eigenvalue weighted by Crippen LogP contribution is 2.44. The molecule has 4 rings (SSSR count). The monoisotopic (exact) mass is 527 g/mol. The molecule has 3 aromatic carbocycles. The van der Waals surface area contributed by atoms with Crippen molar-refractivity contribution in [1.82, 2.24) is 5.32 Å². The van der Waals surface area contributed by atoms with Gasteiger partial charge in [-0.15, -0.1) is 0 Å². The standard InChI is InChI=1S/C33H37NO5/c1-22(2)17-18-24(32(36)38-3)20-31(35)30(19-23-11-5-4-6-12-23)34-33(37)39-21-29-27-15-9-7-13-25(27)26-14-8-10-16-28(26)29/h4-16,20,22,29-31,35H,17-19,21H2,1-3H3,(H,34,37)/b24-20+/t30-,31-/m0/s1. The normalized spacial score (nSPS) is 14.3. The SMILES string of the molecule is COC(=O)/C(=C/[C@H](O)[C@H](Cc1ccccc1)NC(=O)OCC1c2ccccc2-c2ccccc21)CCC(C)C. The lowest BCUT2D eigenvalue weighted by Crippen LogP contribution is -2.45.